The number of rotatable bonds is 7. The van der Waals surface area contributed by atoms with E-state index in [0.717, 1.165) is 28.7 Å². The summed E-state index contributed by atoms with van der Waals surface area (Å²) in [6, 6.07) is 15.9. The number of hydrogen-bond acceptors (Lipinski definition) is 3. The van der Waals surface area contributed by atoms with Crippen molar-refractivity contribution in [1.82, 2.24) is 4.57 Å². The molecule has 0 saturated heterocycles. The van der Waals surface area contributed by atoms with Crippen LogP contribution in [0.4, 0.5) is 5.69 Å². The Morgan fingerprint density at radius 3 is 2.34 bits per heavy atom. The molecule has 0 radical (unpaired) electrons. The normalized spacial score (nSPS) is 11.7. The fourth-order valence-corrected chi connectivity index (χ4v) is 4.80. The first kappa shape index (κ1) is 20.9. The van der Waals surface area contributed by atoms with Gasteiger partial charge in [-0.3, -0.25) is 4.72 Å². The van der Waals surface area contributed by atoms with E-state index in [1.807, 2.05) is 25.1 Å². The topological polar surface area (TPSA) is 74.9 Å². The molecule has 0 amide bonds. The van der Waals surface area contributed by atoms with Gasteiger partial charge in [0.05, 0.1) is 22.5 Å². The number of benzene rings is 2. The number of aromatic nitrogens is 1. The highest BCUT2D eigenvalue weighted by Gasteiger charge is 2.19. The molecule has 0 atom stereocenters. The molecule has 1 heterocycles. The van der Waals surface area contributed by atoms with Crippen LogP contribution in [0.5, 0.6) is 0 Å². The lowest BCUT2D eigenvalue weighted by atomic mass is 10.0. The molecule has 0 fully saturated rings. The smallest absolute Gasteiger partial charge is 0.232 e. The zero-order chi connectivity index (χ0) is 21.2. The Balaban J connectivity index is 2.11. The van der Waals surface area contributed by atoms with Gasteiger partial charge in [-0.25, -0.2) is 8.42 Å². The van der Waals surface area contributed by atoms with Gasteiger partial charge in [-0.2, -0.15) is 5.26 Å². The number of anilines is 1. The van der Waals surface area contributed by atoms with Crippen molar-refractivity contribution in [3.63, 3.8) is 0 Å². The van der Waals surface area contributed by atoms with Gasteiger partial charge in [-0.05, 0) is 48.6 Å². The van der Waals surface area contributed by atoms with Crippen LogP contribution >= 0.6 is 0 Å². The molecule has 0 aliphatic rings. The maximum Gasteiger partial charge on any atom is 0.232 e. The summed E-state index contributed by atoms with van der Waals surface area (Å²) in [5, 5.41) is 10.8. The van der Waals surface area contributed by atoms with E-state index in [1.54, 1.807) is 12.1 Å². The lowest BCUT2D eigenvalue weighted by molar-refractivity contribution is 0.600. The van der Waals surface area contributed by atoms with Crippen LogP contribution in [0.15, 0.2) is 42.5 Å². The fraction of sp³-hybridized carbons (Fsp3) is 0.348. The van der Waals surface area contributed by atoms with Gasteiger partial charge in [-0.15, -0.1) is 0 Å². The zero-order valence-electron chi connectivity index (χ0n) is 17.4. The van der Waals surface area contributed by atoms with Crippen molar-refractivity contribution in [2.75, 3.05) is 10.5 Å². The van der Waals surface area contributed by atoms with Crippen LogP contribution in [0.1, 0.15) is 51.2 Å². The summed E-state index contributed by atoms with van der Waals surface area (Å²) < 4.78 is 28.8. The Labute approximate surface area is 173 Å². The van der Waals surface area contributed by atoms with E-state index in [9.17, 15) is 13.7 Å². The number of nitrogens with zero attached hydrogens (tertiary/aromatic N) is 2. The molecule has 0 spiro atoms. The van der Waals surface area contributed by atoms with Crippen LogP contribution in [-0.2, 0) is 16.6 Å². The summed E-state index contributed by atoms with van der Waals surface area (Å²) in [7, 11) is -3.33. The van der Waals surface area contributed by atoms with Crippen LogP contribution in [-0.4, -0.2) is 18.7 Å². The molecule has 3 rings (SSSR count). The highest BCUT2D eigenvalue weighted by molar-refractivity contribution is 7.92. The Bertz CT molecular complexity index is 1170. The molecule has 5 nitrogen and oxygen atoms in total. The van der Waals surface area contributed by atoms with Gasteiger partial charge in [0, 0.05) is 17.6 Å². The standard InChI is InChI=1S/C23H27N3O2S/c1-5-13-29(27,28)25-19-10-7-17(8-11-19)23-21(15-24)20-12-9-18(16(3)4)14-22(20)26(23)6-2/h7-12,14,16,25H,5-6,13H2,1-4H3. The van der Waals surface area contributed by atoms with Gasteiger partial charge >= 0.3 is 0 Å². The molecular formula is C23H27N3O2S. The Kier molecular flexibility index (Phi) is 5.99. The Morgan fingerprint density at radius 1 is 1.10 bits per heavy atom. The van der Waals surface area contributed by atoms with Crippen molar-refractivity contribution >= 4 is 26.6 Å². The van der Waals surface area contributed by atoms with Crippen molar-refractivity contribution in [3.8, 4) is 17.3 Å². The molecular weight excluding hydrogens is 382 g/mol. The first-order valence-corrected chi connectivity index (χ1v) is 11.6. The highest BCUT2D eigenvalue weighted by atomic mass is 32.2. The number of sulfonamides is 1. The summed E-state index contributed by atoms with van der Waals surface area (Å²) in [5.41, 5.74) is 5.23. The third-order valence-corrected chi connectivity index (χ3v) is 6.58. The zero-order valence-corrected chi connectivity index (χ0v) is 18.2. The molecule has 1 aromatic heterocycles. The minimum atomic E-state index is -3.33. The average molecular weight is 410 g/mol. The van der Waals surface area contributed by atoms with E-state index in [1.165, 1.54) is 5.56 Å². The second-order valence-electron chi connectivity index (χ2n) is 7.51. The molecule has 0 aliphatic heterocycles. The summed E-state index contributed by atoms with van der Waals surface area (Å²) in [4.78, 5) is 0. The summed E-state index contributed by atoms with van der Waals surface area (Å²) in [5.74, 6) is 0.499. The maximum absolute atomic E-state index is 12.0. The Hall–Kier alpha value is -2.78. The van der Waals surface area contributed by atoms with Gasteiger partial charge in [-0.1, -0.05) is 45.0 Å². The highest BCUT2D eigenvalue weighted by Crippen LogP contribution is 2.35. The average Bonchev–Trinajstić information content (AvgIpc) is 3.00. The number of aryl methyl sites for hydroxylation is 1. The maximum atomic E-state index is 12.0. The summed E-state index contributed by atoms with van der Waals surface area (Å²) >= 11 is 0. The molecule has 6 heteroatoms. The van der Waals surface area contributed by atoms with Crippen LogP contribution in [0.2, 0.25) is 0 Å². The lowest BCUT2D eigenvalue weighted by Crippen LogP contribution is -2.15. The number of fused-ring (bicyclic) bond motifs is 1. The van der Waals surface area contributed by atoms with Crippen LogP contribution in [0.25, 0.3) is 22.2 Å². The predicted molar refractivity (Wildman–Crippen MR) is 120 cm³/mol. The minimum absolute atomic E-state index is 0.0928. The molecule has 152 valence electrons. The SMILES string of the molecule is CCCS(=O)(=O)Nc1ccc(-c2c(C#N)c3ccc(C(C)C)cc3n2CC)cc1. The number of nitriles is 1. The van der Waals surface area contributed by atoms with Gasteiger partial charge < -0.3 is 4.57 Å². The molecule has 3 aromatic rings. The summed E-state index contributed by atoms with van der Waals surface area (Å²) in [6.07, 6.45) is 0.563. The van der Waals surface area contributed by atoms with Crippen LogP contribution < -0.4 is 4.72 Å². The molecule has 29 heavy (non-hydrogen) atoms. The molecule has 1 N–H and O–H groups in total. The van der Waals surface area contributed by atoms with E-state index in [2.05, 4.69) is 48.3 Å². The van der Waals surface area contributed by atoms with Crippen LogP contribution in [0.3, 0.4) is 0 Å². The van der Waals surface area contributed by atoms with Gasteiger partial charge in [0.15, 0.2) is 0 Å². The molecule has 2 aromatic carbocycles. The van der Waals surface area contributed by atoms with Crippen LogP contribution in [0, 0.1) is 11.3 Å². The van der Waals surface area contributed by atoms with Gasteiger partial charge in [0.1, 0.15) is 6.07 Å². The first-order chi connectivity index (χ1) is 13.8. The predicted octanol–water partition coefficient (Wildman–Crippen LogP) is 5.47. The quantitative estimate of drug-likeness (QED) is 0.562. The van der Waals surface area contributed by atoms with E-state index in [4.69, 9.17) is 0 Å². The van der Waals surface area contributed by atoms with E-state index < -0.39 is 10.0 Å². The molecule has 0 saturated carbocycles. The fourth-order valence-electron chi connectivity index (χ4n) is 3.66. The number of hydrogen-bond donors (Lipinski definition) is 1. The minimum Gasteiger partial charge on any atom is -0.340 e. The Morgan fingerprint density at radius 2 is 1.79 bits per heavy atom. The monoisotopic (exact) mass is 409 g/mol. The second-order valence-corrected chi connectivity index (χ2v) is 9.35. The van der Waals surface area contributed by atoms with Crippen molar-refractivity contribution < 1.29 is 8.42 Å². The summed E-state index contributed by atoms with van der Waals surface area (Å²) in [6.45, 7) is 8.95. The van der Waals surface area contributed by atoms with Gasteiger partial charge in [0.25, 0.3) is 0 Å². The molecule has 0 bridgehead atoms. The second kappa shape index (κ2) is 8.30. The van der Waals surface area contributed by atoms with Crippen molar-refractivity contribution in [2.24, 2.45) is 0 Å². The first-order valence-electron chi connectivity index (χ1n) is 9.98. The van der Waals surface area contributed by atoms with E-state index >= 15 is 0 Å². The lowest BCUT2D eigenvalue weighted by Gasteiger charge is -2.11. The molecule has 0 unspecified atom stereocenters. The largest absolute Gasteiger partial charge is 0.340 e. The third kappa shape index (κ3) is 4.15. The number of nitrogens with one attached hydrogen (secondary N) is 1. The molecule has 0 aliphatic carbocycles. The van der Waals surface area contributed by atoms with Gasteiger partial charge in [0.2, 0.25) is 10.0 Å². The van der Waals surface area contributed by atoms with Crippen molar-refractivity contribution in [3.05, 3.63) is 53.6 Å². The third-order valence-electron chi connectivity index (χ3n) is 5.09. The van der Waals surface area contributed by atoms with E-state index in [-0.39, 0.29) is 5.75 Å². The van der Waals surface area contributed by atoms with Crippen molar-refractivity contribution in [1.29, 1.82) is 5.26 Å². The van der Waals surface area contributed by atoms with E-state index in [0.29, 0.717) is 23.6 Å². The van der Waals surface area contributed by atoms with Crippen molar-refractivity contribution in [2.45, 2.75) is 46.6 Å².